The Hall–Kier alpha value is -1.68. The molecule has 0 aromatic rings. The van der Waals surface area contributed by atoms with E-state index in [0.29, 0.717) is 25.9 Å². The normalized spacial score (nSPS) is 37.6. The summed E-state index contributed by atoms with van der Waals surface area (Å²) < 4.78 is 83.4. The van der Waals surface area contributed by atoms with Crippen molar-refractivity contribution in [2.75, 3.05) is 70.6 Å². The van der Waals surface area contributed by atoms with E-state index in [1.807, 2.05) is 64.2 Å². The molecule has 0 aromatic heterocycles. The van der Waals surface area contributed by atoms with Gasteiger partial charge in [0.15, 0.2) is 18.4 Å². The molecule has 4 heterocycles. The number of hydrogen-bond acceptors (Lipinski definition) is 16. The van der Waals surface area contributed by atoms with Gasteiger partial charge < -0.3 is 76.5 Å². The van der Waals surface area contributed by atoms with Crippen molar-refractivity contribution < 1.29 is 76.5 Å². The van der Waals surface area contributed by atoms with Crippen LogP contribution in [0.4, 0.5) is 0 Å². The zero-order valence-electron chi connectivity index (χ0n) is 42.7. The molecule has 0 amide bonds. The second kappa shape index (κ2) is 27.1. The number of aliphatic hydroxyl groups excluding tert-OH is 1. The summed E-state index contributed by atoms with van der Waals surface area (Å²) in [6.45, 7) is 14.6. The molecule has 0 unspecified atom stereocenters. The molecule has 0 bridgehead atoms. The van der Waals surface area contributed by atoms with Gasteiger partial charge >= 0.3 is 0 Å². The number of ether oxygens (including phenoxy) is 14. The molecule has 4 aliphatic rings. The molecule has 4 fully saturated rings. The van der Waals surface area contributed by atoms with Gasteiger partial charge in [-0.05, 0) is 44.3 Å². The van der Waals surface area contributed by atoms with Crippen molar-refractivity contribution in [1.29, 1.82) is 0 Å². The monoisotopic (exact) mass is 943 g/mol. The third kappa shape index (κ3) is 13.6. The second-order valence-electron chi connectivity index (χ2n) is 18.5. The topological polar surface area (TPSA) is 173 Å². The lowest BCUT2D eigenvalue weighted by molar-refractivity contribution is -0.351. The summed E-state index contributed by atoms with van der Waals surface area (Å²) in [6.07, 6.45) is 8.23. The summed E-state index contributed by atoms with van der Waals surface area (Å²) in [5.74, 6) is -1.44. The Morgan fingerprint density at radius 1 is 0.636 bits per heavy atom. The summed E-state index contributed by atoms with van der Waals surface area (Å²) in [5, 5.41) is 22.5. The fourth-order valence-electron chi connectivity index (χ4n) is 9.98. The van der Waals surface area contributed by atoms with Gasteiger partial charge in [0.05, 0.1) is 30.5 Å². The molecule has 382 valence electrons. The molecule has 16 heteroatoms. The Morgan fingerprint density at radius 3 is 1.62 bits per heavy atom. The molecule has 2 N–H and O–H groups in total. The SMILES string of the molecule is CC[C@H](OC)[C@@H](C)[C@H]1C[C@@](O)([C@@H](C)/C=C/C=C(\C)[C@H]2O[C@H](OC)[C@@H](OC)[C@@H](OCCC[C@H](OC)[C@@H](C)[C@@H]3O[C@H]3[C@H](O)[C@@H](C)/C=C/C=C(\C)[C@H]3O[C@H](OC)[C@H](OC)[C@@H](OC)[C@H]3OC)[C@@H]2OC)O1. The van der Waals surface area contributed by atoms with E-state index in [-0.39, 0.29) is 54.2 Å². The van der Waals surface area contributed by atoms with Crippen LogP contribution in [0.25, 0.3) is 0 Å². The standard InChI is InChI=1S/C50H86O16/c1-17-34(53-8)32(6)36-27-50(52,66-36)31(5)24-19-23-30(4)39-43(56-11)45(47(59-14)49(61-16)65-39)62-26-20-25-35(54-9)33(7)40-41(63-40)37(51)28(2)21-18-22-29(3)38-42(55-10)44(57-12)46(58-13)48(60-15)64-38/h18-19,21-24,28,31-49,51-52H,17,20,25-27H2,1-16H3/b21-18+,24-19+,29-22+,30-23+/t28-,31-,32+,33+,34-,35-,36+,37+,38+,39+,40-,41-,42-,43+,44-,45-,46+,47-,48-,49-,50-/m0/s1. The minimum Gasteiger partial charge on any atom is -0.390 e. The van der Waals surface area contributed by atoms with Gasteiger partial charge in [-0.1, -0.05) is 71.1 Å². The van der Waals surface area contributed by atoms with Gasteiger partial charge in [-0.15, -0.1) is 0 Å². The van der Waals surface area contributed by atoms with E-state index in [9.17, 15) is 10.2 Å². The minimum absolute atomic E-state index is 0.0266. The van der Waals surface area contributed by atoms with E-state index < -0.39 is 73.3 Å². The molecule has 21 atom stereocenters. The van der Waals surface area contributed by atoms with Crippen molar-refractivity contribution in [2.24, 2.45) is 23.7 Å². The Kier molecular flexibility index (Phi) is 23.3. The van der Waals surface area contributed by atoms with Crippen LogP contribution in [0.1, 0.15) is 74.1 Å². The number of aliphatic hydroxyl groups is 2. The first-order valence-electron chi connectivity index (χ1n) is 23.7. The Labute approximate surface area is 395 Å². The quantitative estimate of drug-likeness (QED) is 0.0567. The number of rotatable bonds is 28. The first-order chi connectivity index (χ1) is 31.6. The fraction of sp³-hybridized carbons (Fsp3) is 0.840. The molecule has 4 aliphatic heterocycles. The summed E-state index contributed by atoms with van der Waals surface area (Å²) >= 11 is 0. The first kappa shape index (κ1) is 56.9. The molecule has 0 aromatic carbocycles. The zero-order valence-corrected chi connectivity index (χ0v) is 42.7. The lowest BCUT2D eigenvalue weighted by atomic mass is 9.81. The highest BCUT2D eigenvalue weighted by atomic mass is 16.7. The third-order valence-corrected chi connectivity index (χ3v) is 14.5. The predicted octanol–water partition coefficient (Wildman–Crippen LogP) is 5.56. The Balaban J connectivity index is 1.30. The maximum absolute atomic E-state index is 11.3. The van der Waals surface area contributed by atoms with Crippen LogP contribution in [0.15, 0.2) is 47.6 Å². The highest BCUT2D eigenvalue weighted by Crippen LogP contribution is 2.43. The van der Waals surface area contributed by atoms with Gasteiger partial charge in [-0.3, -0.25) is 0 Å². The fourth-order valence-corrected chi connectivity index (χ4v) is 9.98. The average molecular weight is 943 g/mol. The molecule has 4 rings (SSSR count). The number of epoxide rings is 1. The van der Waals surface area contributed by atoms with Crippen molar-refractivity contribution in [3.8, 4) is 0 Å². The van der Waals surface area contributed by atoms with E-state index in [0.717, 1.165) is 17.6 Å². The number of methoxy groups -OCH3 is 9. The third-order valence-electron chi connectivity index (χ3n) is 14.5. The van der Waals surface area contributed by atoms with Gasteiger partial charge in [-0.2, -0.15) is 0 Å². The van der Waals surface area contributed by atoms with Crippen LogP contribution >= 0.6 is 0 Å². The van der Waals surface area contributed by atoms with Gasteiger partial charge in [0.2, 0.25) is 0 Å². The van der Waals surface area contributed by atoms with Crippen LogP contribution in [0, 0.1) is 23.7 Å². The van der Waals surface area contributed by atoms with Gasteiger partial charge in [0, 0.05) is 101 Å². The molecule has 0 radical (unpaired) electrons. The van der Waals surface area contributed by atoms with Crippen molar-refractivity contribution in [2.45, 2.75) is 178 Å². The van der Waals surface area contributed by atoms with Crippen molar-refractivity contribution in [1.82, 2.24) is 0 Å². The largest absolute Gasteiger partial charge is 0.390 e. The van der Waals surface area contributed by atoms with Crippen LogP contribution in [-0.4, -0.2) is 185 Å². The molecule has 66 heavy (non-hydrogen) atoms. The van der Waals surface area contributed by atoms with Crippen molar-refractivity contribution >= 4 is 0 Å². The molecular weight excluding hydrogens is 857 g/mol. The van der Waals surface area contributed by atoms with E-state index in [2.05, 4.69) is 20.8 Å². The first-order valence-corrected chi connectivity index (χ1v) is 23.7. The number of allylic oxidation sites excluding steroid dienone is 4. The lowest BCUT2D eigenvalue weighted by Crippen LogP contribution is -2.60. The van der Waals surface area contributed by atoms with Crippen molar-refractivity contribution in [3.63, 3.8) is 0 Å². The maximum Gasteiger partial charge on any atom is 0.186 e. The summed E-state index contributed by atoms with van der Waals surface area (Å²) in [7, 11) is 14.7. The van der Waals surface area contributed by atoms with Crippen LogP contribution in [0.5, 0.6) is 0 Å². The maximum atomic E-state index is 11.3. The van der Waals surface area contributed by atoms with E-state index in [1.165, 1.54) is 0 Å². The van der Waals surface area contributed by atoms with Crippen LogP contribution in [0.2, 0.25) is 0 Å². The summed E-state index contributed by atoms with van der Waals surface area (Å²) in [6, 6.07) is 0. The molecule has 16 nitrogen and oxygen atoms in total. The predicted molar refractivity (Wildman–Crippen MR) is 248 cm³/mol. The van der Waals surface area contributed by atoms with Crippen LogP contribution in [-0.2, 0) is 66.3 Å². The second-order valence-corrected chi connectivity index (χ2v) is 18.5. The lowest BCUT2D eigenvalue weighted by Gasteiger charge is -2.50. The van der Waals surface area contributed by atoms with Gasteiger partial charge in [-0.25, -0.2) is 0 Å². The Morgan fingerprint density at radius 2 is 1.14 bits per heavy atom. The average Bonchev–Trinajstić information content (AvgIpc) is 4.12. The van der Waals surface area contributed by atoms with Gasteiger partial charge in [0.25, 0.3) is 0 Å². The molecule has 0 saturated carbocycles. The highest BCUT2D eigenvalue weighted by molar-refractivity contribution is 5.21. The van der Waals surface area contributed by atoms with Crippen molar-refractivity contribution in [3.05, 3.63) is 47.6 Å². The smallest absolute Gasteiger partial charge is 0.186 e. The van der Waals surface area contributed by atoms with E-state index in [4.69, 9.17) is 66.3 Å². The zero-order chi connectivity index (χ0) is 48.9. The Bertz CT molecular complexity index is 1530. The molecule has 4 saturated heterocycles. The van der Waals surface area contributed by atoms with E-state index >= 15 is 0 Å². The number of hydrogen-bond donors (Lipinski definition) is 2. The van der Waals surface area contributed by atoms with Gasteiger partial charge in [0.1, 0.15) is 54.9 Å². The molecule has 0 aliphatic carbocycles. The molecule has 0 spiro atoms. The van der Waals surface area contributed by atoms with E-state index in [1.54, 1.807) is 64.0 Å². The minimum atomic E-state index is -1.23. The van der Waals surface area contributed by atoms with Crippen LogP contribution < -0.4 is 0 Å². The van der Waals surface area contributed by atoms with Crippen LogP contribution in [0.3, 0.4) is 0 Å². The summed E-state index contributed by atoms with van der Waals surface area (Å²) in [5.41, 5.74) is 1.82. The summed E-state index contributed by atoms with van der Waals surface area (Å²) in [4.78, 5) is 0. The highest BCUT2D eigenvalue weighted by Gasteiger charge is 2.53. The molecular formula is C50H86O16.